The lowest BCUT2D eigenvalue weighted by Crippen LogP contribution is -2.21. The number of ketones is 1. The number of rotatable bonds is 2. The van der Waals surface area contributed by atoms with Crippen molar-refractivity contribution in [2.45, 2.75) is 32.6 Å². The highest BCUT2D eigenvalue weighted by Gasteiger charge is 2.25. The van der Waals surface area contributed by atoms with E-state index in [1.54, 1.807) is 6.07 Å². The highest BCUT2D eigenvalue weighted by Crippen LogP contribution is 2.32. The summed E-state index contributed by atoms with van der Waals surface area (Å²) < 4.78 is 0.840. The molecule has 0 heterocycles. The van der Waals surface area contributed by atoms with Crippen molar-refractivity contribution in [3.05, 3.63) is 33.3 Å². The van der Waals surface area contributed by atoms with E-state index < -0.39 is 0 Å². The van der Waals surface area contributed by atoms with Crippen molar-refractivity contribution in [2.75, 3.05) is 0 Å². The van der Waals surface area contributed by atoms with E-state index in [1.165, 1.54) is 12.8 Å². The maximum absolute atomic E-state index is 12.3. The van der Waals surface area contributed by atoms with Crippen LogP contribution >= 0.6 is 27.5 Å². The molecule has 1 aromatic rings. The highest BCUT2D eigenvalue weighted by molar-refractivity contribution is 9.10. The molecule has 17 heavy (non-hydrogen) atoms. The summed E-state index contributed by atoms with van der Waals surface area (Å²) in [5.74, 6) is 1.12. The molecule has 1 aliphatic carbocycles. The number of halogens is 2. The molecule has 0 spiro atoms. The first-order valence-corrected chi connectivity index (χ1v) is 7.24. The molecule has 0 radical (unpaired) electrons. The summed E-state index contributed by atoms with van der Waals surface area (Å²) in [7, 11) is 0. The van der Waals surface area contributed by atoms with Crippen molar-refractivity contribution < 1.29 is 4.79 Å². The minimum Gasteiger partial charge on any atom is -0.294 e. The monoisotopic (exact) mass is 314 g/mol. The number of carbonyl (C=O) groups excluding carboxylic acids is 1. The van der Waals surface area contributed by atoms with Gasteiger partial charge in [-0.15, -0.1) is 0 Å². The van der Waals surface area contributed by atoms with E-state index in [4.69, 9.17) is 11.6 Å². The van der Waals surface area contributed by atoms with Gasteiger partial charge >= 0.3 is 0 Å². The molecule has 0 amide bonds. The van der Waals surface area contributed by atoms with Crippen LogP contribution in [0.5, 0.6) is 0 Å². The van der Waals surface area contributed by atoms with Crippen molar-refractivity contribution in [2.24, 2.45) is 11.8 Å². The fourth-order valence-corrected chi connectivity index (χ4v) is 2.98. The quantitative estimate of drug-likeness (QED) is 0.693. The number of carbonyl (C=O) groups is 1. The van der Waals surface area contributed by atoms with Gasteiger partial charge < -0.3 is 0 Å². The lowest BCUT2D eigenvalue weighted by Gasteiger charge is -2.25. The van der Waals surface area contributed by atoms with Gasteiger partial charge in [0.05, 0.1) is 5.02 Å². The number of hydrogen-bond donors (Lipinski definition) is 0. The van der Waals surface area contributed by atoms with Crippen molar-refractivity contribution in [1.29, 1.82) is 0 Å². The third-order valence-corrected chi connectivity index (χ3v) is 4.74. The molecule has 2 unspecified atom stereocenters. The van der Waals surface area contributed by atoms with Gasteiger partial charge in [-0.3, -0.25) is 4.79 Å². The van der Waals surface area contributed by atoms with Crippen LogP contribution in [0.25, 0.3) is 0 Å². The first kappa shape index (κ1) is 13.1. The summed E-state index contributed by atoms with van der Waals surface area (Å²) in [5.41, 5.74) is 0.748. The Balaban J connectivity index is 2.15. The maximum atomic E-state index is 12.3. The van der Waals surface area contributed by atoms with Gasteiger partial charge in [-0.25, -0.2) is 0 Å². The molecular formula is C14H16BrClO. The van der Waals surface area contributed by atoms with Gasteiger partial charge in [0.2, 0.25) is 0 Å². The third-order valence-electron chi connectivity index (χ3n) is 3.51. The Hall–Kier alpha value is -0.340. The zero-order chi connectivity index (χ0) is 12.4. The second-order valence-corrected chi connectivity index (χ2v) is 6.22. The Morgan fingerprint density at radius 3 is 2.82 bits per heavy atom. The molecule has 1 saturated carbocycles. The SMILES string of the molecule is CC1CCCC(C(=O)c2ccc(Br)c(Cl)c2)C1. The summed E-state index contributed by atoms with van der Waals surface area (Å²) in [6.07, 6.45) is 4.47. The molecular weight excluding hydrogens is 300 g/mol. The molecule has 2 atom stereocenters. The Labute approximate surface area is 116 Å². The van der Waals surface area contributed by atoms with Crippen LogP contribution in [0.15, 0.2) is 22.7 Å². The van der Waals surface area contributed by atoms with E-state index >= 15 is 0 Å². The van der Waals surface area contributed by atoms with Gasteiger partial charge in [0.25, 0.3) is 0 Å². The van der Waals surface area contributed by atoms with Crippen LogP contribution in [-0.2, 0) is 0 Å². The van der Waals surface area contributed by atoms with Crippen LogP contribution in [0.4, 0.5) is 0 Å². The first-order valence-electron chi connectivity index (χ1n) is 6.07. The van der Waals surface area contributed by atoms with E-state index in [1.807, 2.05) is 12.1 Å². The van der Waals surface area contributed by atoms with Crippen LogP contribution in [0.1, 0.15) is 43.0 Å². The molecule has 3 heteroatoms. The van der Waals surface area contributed by atoms with Crippen molar-refractivity contribution in [1.82, 2.24) is 0 Å². The summed E-state index contributed by atoms with van der Waals surface area (Å²) in [4.78, 5) is 12.3. The summed E-state index contributed by atoms with van der Waals surface area (Å²) in [6.45, 7) is 2.23. The van der Waals surface area contributed by atoms with Gasteiger partial charge in [-0.2, -0.15) is 0 Å². The van der Waals surface area contributed by atoms with Crippen LogP contribution in [0.3, 0.4) is 0 Å². The molecule has 92 valence electrons. The van der Waals surface area contributed by atoms with E-state index in [9.17, 15) is 4.79 Å². The average molecular weight is 316 g/mol. The highest BCUT2D eigenvalue weighted by atomic mass is 79.9. The standard InChI is InChI=1S/C14H16BrClO/c1-9-3-2-4-10(7-9)14(17)11-5-6-12(15)13(16)8-11/h5-6,8-10H,2-4,7H2,1H3. The van der Waals surface area contributed by atoms with Gasteiger partial charge in [0.15, 0.2) is 5.78 Å². The van der Waals surface area contributed by atoms with Crippen molar-refractivity contribution in [3.8, 4) is 0 Å². The zero-order valence-electron chi connectivity index (χ0n) is 9.88. The molecule has 0 N–H and O–H groups in total. The molecule has 0 bridgehead atoms. The van der Waals surface area contributed by atoms with Gasteiger partial charge in [-0.1, -0.05) is 37.4 Å². The Morgan fingerprint density at radius 2 is 2.18 bits per heavy atom. The molecule has 0 aromatic heterocycles. The van der Waals surface area contributed by atoms with Gasteiger partial charge in [0.1, 0.15) is 0 Å². The lowest BCUT2D eigenvalue weighted by molar-refractivity contribution is 0.0868. The molecule has 1 nitrogen and oxygen atoms in total. The number of hydrogen-bond acceptors (Lipinski definition) is 1. The van der Waals surface area contributed by atoms with E-state index in [0.717, 1.165) is 22.9 Å². The minimum absolute atomic E-state index is 0.191. The fraction of sp³-hybridized carbons (Fsp3) is 0.500. The molecule has 1 fully saturated rings. The number of Topliss-reactive ketones (excluding diaryl/α,β-unsaturated/α-hetero) is 1. The third kappa shape index (κ3) is 3.11. The summed E-state index contributed by atoms with van der Waals surface area (Å²) >= 11 is 9.37. The minimum atomic E-state index is 0.191. The van der Waals surface area contributed by atoms with E-state index in [0.29, 0.717) is 10.9 Å². The normalized spacial score (nSPS) is 24.6. The Morgan fingerprint density at radius 1 is 1.41 bits per heavy atom. The Kier molecular flexibility index (Phi) is 4.26. The lowest BCUT2D eigenvalue weighted by atomic mass is 9.79. The van der Waals surface area contributed by atoms with Crippen molar-refractivity contribution >= 4 is 33.3 Å². The van der Waals surface area contributed by atoms with Crippen LogP contribution < -0.4 is 0 Å². The van der Waals surface area contributed by atoms with E-state index in [2.05, 4.69) is 22.9 Å². The molecule has 0 aliphatic heterocycles. The average Bonchev–Trinajstić information content (AvgIpc) is 2.32. The van der Waals surface area contributed by atoms with Crippen molar-refractivity contribution in [3.63, 3.8) is 0 Å². The smallest absolute Gasteiger partial charge is 0.166 e. The van der Waals surface area contributed by atoms with Crippen LogP contribution in [0.2, 0.25) is 5.02 Å². The maximum Gasteiger partial charge on any atom is 0.166 e. The van der Waals surface area contributed by atoms with Crippen LogP contribution in [0, 0.1) is 11.8 Å². The molecule has 1 aromatic carbocycles. The Bertz CT molecular complexity index is 430. The number of benzene rings is 1. The predicted molar refractivity (Wildman–Crippen MR) is 74.6 cm³/mol. The largest absolute Gasteiger partial charge is 0.294 e. The second-order valence-electron chi connectivity index (χ2n) is 4.96. The molecule has 2 rings (SSSR count). The van der Waals surface area contributed by atoms with Crippen LogP contribution in [-0.4, -0.2) is 5.78 Å². The predicted octanol–water partition coefficient (Wildman–Crippen LogP) is 5.11. The summed E-state index contributed by atoms with van der Waals surface area (Å²) in [6, 6.07) is 5.48. The first-order chi connectivity index (χ1) is 8.08. The topological polar surface area (TPSA) is 17.1 Å². The second kappa shape index (κ2) is 5.53. The zero-order valence-corrected chi connectivity index (χ0v) is 12.2. The van der Waals surface area contributed by atoms with Gasteiger partial charge in [-0.05, 0) is 46.8 Å². The summed E-state index contributed by atoms with van der Waals surface area (Å²) in [5, 5.41) is 0.611. The molecule has 0 saturated heterocycles. The van der Waals surface area contributed by atoms with Gasteiger partial charge in [0, 0.05) is 16.0 Å². The molecule has 1 aliphatic rings. The van der Waals surface area contributed by atoms with E-state index in [-0.39, 0.29) is 11.7 Å². The fourth-order valence-electron chi connectivity index (χ4n) is 2.56.